The van der Waals surface area contributed by atoms with Crippen molar-refractivity contribution in [3.63, 3.8) is 0 Å². The van der Waals surface area contributed by atoms with E-state index >= 15 is 0 Å². The van der Waals surface area contributed by atoms with Crippen molar-refractivity contribution in [3.8, 4) is 5.69 Å². The highest BCUT2D eigenvalue weighted by Crippen LogP contribution is 2.25. The van der Waals surface area contributed by atoms with Crippen LogP contribution in [0.3, 0.4) is 0 Å². The second-order valence-corrected chi connectivity index (χ2v) is 7.83. The summed E-state index contributed by atoms with van der Waals surface area (Å²) in [7, 11) is 0. The number of nitrogens with one attached hydrogen (secondary N) is 1. The number of rotatable bonds is 5. The average Bonchev–Trinajstić information content (AvgIpc) is 2.98. The van der Waals surface area contributed by atoms with E-state index in [-0.39, 0.29) is 11.7 Å². The first-order chi connectivity index (χ1) is 12.8. The molecule has 0 bridgehead atoms. The van der Waals surface area contributed by atoms with Crippen LogP contribution in [0.25, 0.3) is 5.69 Å². The fourth-order valence-corrected chi connectivity index (χ4v) is 3.77. The van der Waals surface area contributed by atoms with Crippen molar-refractivity contribution < 1.29 is 4.79 Å². The van der Waals surface area contributed by atoms with Gasteiger partial charge in [0.2, 0.25) is 5.91 Å². The normalized spacial score (nSPS) is 10.9. The standard InChI is InChI=1S/C20H21ClN4OS/c1-12-5-6-13(2)18(9-12)25-15(4)23-24-20(25)27-11-19(26)22-17-8-7-16(21)10-14(17)3/h5-10H,11H2,1-4H3,(H,22,26). The van der Waals surface area contributed by atoms with E-state index in [4.69, 9.17) is 11.6 Å². The molecule has 0 radical (unpaired) electrons. The fourth-order valence-electron chi connectivity index (χ4n) is 2.76. The summed E-state index contributed by atoms with van der Waals surface area (Å²) in [6.07, 6.45) is 0. The van der Waals surface area contributed by atoms with Crippen molar-refractivity contribution in [2.45, 2.75) is 32.9 Å². The number of aryl methyl sites for hydroxylation is 4. The summed E-state index contributed by atoms with van der Waals surface area (Å²) < 4.78 is 1.99. The summed E-state index contributed by atoms with van der Waals surface area (Å²) in [5.41, 5.74) is 5.02. The Morgan fingerprint density at radius 3 is 2.59 bits per heavy atom. The van der Waals surface area contributed by atoms with Crippen molar-refractivity contribution >= 4 is 35.0 Å². The van der Waals surface area contributed by atoms with Gasteiger partial charge in [-0.3, -0.25) is 9.36 Å². The summed E-state index contributed by atoms with van der Waals surface area (Å²) in [6.45, 7) is 7.93. The predicted molar refractivity (Wildman–Crippen MR) is 111 cm³/mol. The average molecular weight is 401 g/mol. The highest BCUT2D eigenvalue weighted by atomic mass is 35.5. The molecule has 7 heteroatoms. The highest BCUT2D eigenvalue weighted by molar-refractivity contribution is 7.99. The molecule has 5 nitrogen and oxygen atoms in total. The Balaban J connectivity index is 1.75. The topological polar surface area (TPSA) is 59.8 Å². The molecular formula is C20H21ClN4OS. The van der Waals surface area contributed by atoms with Crippen LogP contribution in [0.15, 0.2) is 41.6 Å². The number of benzene rings is 2. The van der Waals surface area contributed by atoms with E-state index in [1.807, 2.05) is 30.5 Å². The zero-order valence-corrected chi connectivity index (χ0v) is 17.3. The van der Waals surface area contributed by atoms with Crippen LogP contribution in [-0.2, 0) is 4.79 Å². The van der Waals surface area contributed by atoms with Crippen molar-refractivity contribution in [2.75, 3.05) is 11.1 Å². The van der Waals surface area contributed by atoms with Crippen LogP contribution in [0.5, 0.6) is 0 Å². The lowest BCUT2D eigenvalue weighted by Crippen LogP contribution is -2.15. The smallest absolute Gasteiger partial charge is 0.234 e. The third-order valence-electron chi connectivity index (χ3n) is 4.20. The van der Waals surface area contributed by atoms with Crippen molar-refractivity contribution in [3.05, 3.63) is 63.9 Å². The molecule has 27 heavy (non-hydrogen) atoms. The quantitative estimate of drug-likeness (QED) is 0.619. The fraction of sp³-hybridized carbons (Fsp3) is 0.250. The van der Waals surface area contributed by atoms with E-state index in [0.29, 0.717) is 10.2 Å². The highest BCUT2D eigenvalue weighted by Gasteiger charge is 2.15. The van der Waals surface area contributed by atoms with E-state index in [0.717, 1.165) is 33.9 Å². The number of thioether (sulfide) groups is 1. The molecule has 1 heterocycles. The van der Waals surface area contributed by atoms with Gasteiger partial charge in [0.15, 0.2) is 5.16 Å². The molecule has 0 saturated carbocycles. The second kappa shape index (κ2) is 8.15. The van der Waals surface area contributed by atoms with Gasteiger partial charge in [-0.05, 0) is 68.7 Å². The molecular weight excluding hydrogens is 380 g/mol. The molecule has 0 unspecified atom stereocenters. The van der Waals surface area contributed by atoms with Gasteiger partial charge >= 0.3 is 0 Å². The number of halogens is 1. The molecule has 0 saturated heterocycles. The summed E-state index contributed by atoms with van der Waals surface area (Å²) in [5.74, 6) is 0.934. The number of anilines is 1. The third-order valence-corrected chi connectivity index (χ3v) is 5.36. The minimum atomic E-state index is -0.0985. The minimum Gasteiger partial charge on any atom is -0.325 e. The van der Waals surface area contributed by atoms with Crippen LogP contribution in [0.4, 0.5) is 5.69 Å². The summed E-state index contributed by atoms with van der Waals surface area (Å²) in [6, 6.07) is 11.7. The molecule has 1 aromatic heterocycles. The number of hydrogen-bond acceptors (Lipinski definition) is 4. The Bertz CT molecular complexity index is 1000. The number of carbonyl (C=O) groups is 1. The molecule has 3 aromatic rings. The molecule has 2 aromatic carbocycles. The lowest BCUT2D eigenvalue weighted by atomic mass is 10.1. The Morgan fingerprint density at radius 2 is 1.85 bits per heavy atom. The van der Waals surface area contributed by atoms with Gasteiger partial charge in [0.1, 0.15) is 5.82 Å². The number of nitrogens with zero attached hydrogens (tertiary/aromatic N) is 3. The van der Waals surface area contributed by atoms with Gasteiger partial charge in [0, 0.05) is 10.7 Å². The lowest BCUT2D eigenvalue weighted by molar-refractivity contribution is -0.113. The van der Waals surface area contributed by atoms with Crippen LogP contribution in [0.2, 0.25) is 5.02 Å². The van der Waals surface area contributed by atoms with E-state index < -0.39 is 0 Å². The molecule has 1 amide bonds. The Labute approximate surface area is 168 Å². The van der Waals surface area contributed by atoms with E-state index in [2.05, 4.69) is 47.6 Å². The number of carbonyl (C=O) groups excluding carboxylic acids is 1. The van der Waals surface area contributed by atoms with Gasteiger partial charge in [-0.2, -0.15) is 0 Å². The second-order valence-electron chi connectivity index (χ2n) is 6.45. The minimum absolute atomic E-state index is 0.0985. The zero-order chi connectivity index (χ0) is 19.6. The summed E-state index contributed by atoms with van der Waals surface area (Å²) >= 11 is 7.33. The van der Waals surface area contributed by atoms with E-state index in [9.17, 15) is 4.79 Å². The molecule has 0 aliphatic carbocycles. The van der Waals surface area contributed by atoms with Crippen molar-refractivity contribution in [1.29, 1.82) is 0 Å². The maximum Gasteiger partial charge on any atom is 0.234 e. The number of amides is 1. The van der Waals surface area contributed by atoms with Crippen LogP contribution in [-0.4, -0.2) is 26.4 Å². The van der Waals surface area contributed by atoms with Gasteiger partial charge in [-0.25, -0.2) is 0 Å². The Hall–Kier alpha value is -2.31. The van der Waals surface area contributed by atoms with E-state index in [1.165, 1.54) is 11.8 Å². The molecule has 0 spiro atoms. The summed E-state index contributed by atoms with van der Waals surface area (Å²) in [5, 5.41) is 12.7. The maximum absolute atomic E-state index is 12.4. The summed E-state index contributed by atoms with van der Waals surface area (Å²) in [4.78, 5) is 12.4. The largest absolute Gasteiger partial charge is 0.325 e. The van der Waals surface area contributed by atoms with Crippen LogP contribution in [0.1, 0.15) is 22.5 Å². The number of hydrogen-bond donors (Lipinski definition) is 1. The van der Waals surface area contributed by atoms with Gasteiger partial charge in [0.25, 0.3) is 0 Å². The molecule has 0 aliphatic rings. The zero-order valence-electron chi connectivity index (χ0n) is 15.7. The monoisotopic (exact) mass is 400 g/mol. The Kier molecular flexibility index (Phi) is 5.87. The molecule has 0 fully saturated rings. The lowest BCUT2D eigenvalue weighted by Gasteiger charge is -2.12. The molecule has 0 aliphatic heterocycles. The van der Waals surface area contributed by atoms with Gasteiger partial charge in [-0.1, -0.05) is 35.5 Å². The predicted octanol–water partition coefficient (Wildman–Crippen LogP) is 4.89. The van der Waals surface area contributed by atoms with Gasteiger partial charge in [-0.15, -0.1) is 10.2 Å². The van der Waals surface area contributed by atoms with E-state index in [1.54, 1.807) is 6.07 Å². The van der Waals surface area contributed by atoms with Crippen molar-refractivity contribution in [1.82, 2.24) is 14.8 Å². The first kappa shape index (κ1) is 19.5. The Morgan fingerprint density at radius 1 is 1.07 bits per heavy atom. The van der Waals surface area contributed by atoms with Crippen LogP contribution < -0.4 is 5.32 Å². The van der Waals surface area contributed by atoms with Gasteiger partial charge < -0.3 is 5.32 Å². The molecule has 1 N–H and O–H groups in total. The maximum atomic E-state index is 12.4. The third kappa shape index (κ3) is 4.51. The van der Waals surface area contributed by atoms with Crippen LogP contribution in [0, 0.1) is 27.7 Å². The first-order valence-corrected chi connectivity index (χ1v) is 9.90. The number of aromatic nitrogens is 3. The first-order valence-electron chi connectivity index (χ1n) is 8.53. The molecule has 0 atom stereocenters. The SMILES string of the molecule is Cc1ccc(C)c(-n2c(C)nnc2SCC(=O)Nc2ccc(Cl)cc2C)c1. The van der Waals surface area contributed by atoms with Gasteiger partial charge in [0.05, 0.1) is 11.4 Å². The molecule has 140 valence electrons. The molecule has 3 rings (SSSR count). The van der Waals surface area contributed by atoms with Crippen molar-refractivity contribution in [2.24, 2.45) is 0 Å². The van der Waals surface area contributed by atoms with Crippen LogP contribution >= 0.6 is 23.4 Å².